The lowest BCUT2D eigenvalue weighted by Gasteiger charge is -2.08. The van der Waals surface area contributed by atoms with Crippen LogP contribution in [-0.4, -0.2) is 19.2 Å². The predicted octanol–water partition coefficient (Wildman–Crippen LogP) is 4.40. The Labute approximate surface area is 135 Å². The van der Waals surface area contributed by atoms with Gasteiger partial charge in [0.05, 0.1) is 6.57 Å². The molecule has 0 amide bonds. The zero-order valence-electron chi connectivity index (χ0n) is 12.9. The summed E-state index contributed by atoms with van der Waals surface area (Å²) in [5.41, 5.74) is 3.08. The van der Waals surface area contributed by atoms with E-state index in [1.165, 1.54) is 0 Å². The summed E-state index contributed by atoms with van der Waals surface area (Å²) in [6, 6.07) is 15.0. The molecule has 0 atom stereocenters. The minimum absolute atomic E-state index is 0.186. The van der Waals surface area contributed by atoms with Crippen LogP contribution >= 0.6 is 0 Å². The Morgan fingerprint density at radius 2 is 1.61 bits per heavy atom. The van der Waals surface area contributed by atoms with E-state index in [-0.39, 0.29) is 13.2 Å². The SMILES string of the molecule is [C-]#[N+]c1ccc(-c2ccc(OCCOC(=O)C(=C)C)cc2)cc1. The molecule has 0 aliphatic rings. The van der Waals surface area contributed by atoms with E-state index in [1.807, 2.05) is 36.4 Å². The molecule has 0 unspecified atom stereocenters. The molecule has 0 aromatic heterocycles. The second-order valence-corrected chi connectivity index (χ2v) is 4.95. The number of benzene rings is 2. The molecule has 0 saturated carbocycles. The lowest BCUT2D eigenvalue weighted by molar-refractivity contribution is -0.139. The van der Waals surface area contributed by atoms with E-state index in [1.54, 1.807) is 19.1 Å². The van der Waals surface area contributed by atoms with Crippen LogP contribution in [0, 0.1) is 6.57 Å². The number of esters is 1. The molecule has 4 heteroatoms. The summed E-state index contributed by atoms with van der Waals surface area (Å²) < 4.78 is 10.5. The van der Waals surface area contributed by atoms with Crippen LogP contribution in [-0.2, 0) is 9.53 Å². The van der Waals surface area contributed by atoms with Crippen molar-refractivity contribution in [1.82, 2.24) is 0 Å². The molecule has 0 saturated heterocycles. The van der Waals surface area contributed by atoms with Crippen molar-refractivity contribution in [2.45, 2.75) is 6.92 Å². The Morgan fingerprint density at radius 3 is 2.13 bits per heavy atom. The molecule has 0 aliphatic heterocycles. The fourth-order valence-electron chi connectivity index (χ4n) is 1.89. The second-order valence-electron chi connectivity index (χ2n) is 4.95. The third kappa shape index (κ3) is 4.72. The summed E-state index contributed by atoms with van der Waals surface area (Å²) in [7, 11) is 0. The van der Waals surface area contributed by atoms with E-state index in [9.17, 15) is 4.79 Å². The number of nitrogens with zero attached hydrogens (tertiary/aromatic N) is 1. The molecule has 2 aromatic rings. The zero-order valence-corrected chi connectivity index (χ0v) is 12.9. The first-order chi connectivity index (χ1) is 11.1. The Kier molecular flexibility index (Phi) is 5.54. The van der Waals surface area contributed by atoms with Gasteiger partial charge in [0.1, 0.15) is 19.0 Å². The largest absolute Gasteiger partial charge is 0.490 e. The van der Waals surface area contributed by atoms with Crippen molar-refractivity contribution in [3.63, 3.8) is 0 Å². The van der Waals surface area contributed by atoms with Gasteiger partial charge < -0.3 is 9.47 Å². The Balaban J connectivity index is 1.88. The van der Waals surface area contributed by atoms with E-state index >= 15 is 0 Å². The maximum absolute atomic E-state index is 11.2. The molecule has 0 aliphatic carbocycles. The molecule has 2 rings (SSSR count). The molecule has 0 spiro atoms. The van der Waals surface area contributed by atoms with Gasteiger partial charge in [-0.3, -0.25) is 0 Å². The highest BCUT2D eigenvalue weighted by Gasteiger charge is 2.03. The topological polar surface area (TPSA) is 39.9 Å². The van der Waals surface area contributed by atoms with Crippen LogP contribution in [0.5, 0.6) is 5.75 Å². The van der Waals surface area contributed by atoms with E-state index < -0.39 is 5.97 Å². The molecule has 4 nitrogen and oxygen atoms in total. The van der Waals surface area contributed by atoms with Crippen molar-refractivity contribution in [2.75, 3.05) is 13.2 Å². The van der Waals surface area contributed by atoms with Gasteiger partial charge in [-0.05, 0) is 30.2 Å². The number of ether oxygens (including phenoxy) is 2. The van der Waals surface area contributed by atoms with Crippen LogP contribution in [0.15, 0.2) is 60.7 Å². The maximum atomic E-state index is 11.2. The van der Waals surface area contributed by atoms with Gasteiger partial charge in [0.15, 0.2) is 5.69 Å². The molecular weight excluding hydrogens is 290 g/mol. The standard InChI is InChI=1S/C19H17NO3/c1-14(2)19(21)23-13-12-22-18-10-6-16(7-11-18)15-4-8-17(20-3)9-5-15/h4-11H,1,12-13H2,2H3. The summed E-state index contributed by atoms with van der Waals surface area (Å²) in [6.07, 6.45) is 0. The van der Waals surface area contributed by atoms with E-state index in [0.717, 1.165) is 11.1 Å². The lowest BCUT2D eigenvalue weighted by Crippen LogP contribution is -2.12. The van der Waals surface area contributed by atoms with Gasteiger partial charge in [0, 0.05) is 5.57 Å². The third-order valence-corrected chi connectivity index (χ3v) is 3.12. The van der Waals surface area contributed by atoms with Crippen LogP contribution in [0.2, 0.25) is 0 Å². The Morgan fingerprint density at radius 1 is 1.04 bits per heavy atom. The molecular formula is C19H17NO3. The lowest BCUT2D eigenvalue weighted by atomic mass is 10.1. The van der Waals surface area contributed by atoms with Crippen LogP contribution in [0.1, 0.15) is 6.92 Å². The van der Waals surface area contributed by atoms with Crippen LogP contribution in [0.4, 0.5) is 5.69 Å². The van der Waals surface area contributed by atoms with Gasteiger partial charge in [0.25, 0.3) is 0 Å². The highest BCUT2D eigenvalue weighted by Crippen LogP contribution is 2.24. The molecule has 2 aromatic carbocycles. The minimum atomic E-state index is -0.410. The normalized spacial score (nSPS) is 9.74. The van der Waals surface area contributed by atoms with Gasteiger partial charge >= 0.3 is 5.97 Å². The van der Waals surface area contributed by atoms with Crippen molar-refractivity contribution in [2.24, 2.45) is 0 Å². The summed E-state index contributed by atoms with van der Waals surface area (Å²) in [5, 5.41) is 0. The molecule has 0 radical (unpaired) electrons. The highest BCUT2D eigenvalue weighted by atomic mass is 16.6. The quantitative estimate of drug-likeness (QED) is 0.344. The third-order valence-electron chi connectivity index (χ3n) is 3.12. The maximum Gasteiger partial charge on any atom is 0.333 e. The van der Waals surface area contributed by atoms with Crippen LogP contribution < -0.4 is 4.74 Å². The first-order valence-corrected chi connectivity index (χ1v) is 7.13. The number of carbonyl (C=O) groups excluding carboxylic acids is 1. The van der Waals surface area contributed by atoms with Crippen molar-refractivity contribution >= 4 is 11.7 Å². The van der Waals surface area contributed by atoms with Crippen LogP contribution in [0.25, 0.3) is 16.0 Å². The molecule has 0 N–H and O–H groups in total. The number of hydrogen-bond donors (Lipinski definition) is 0. The fraction of sp³-hybridized carbons (Fsp3) is 0.158. The van der Waals surface area contributed by atoms with E-state index in [0.29, 0.717) is 17.0 Å². The predicted molar refractivity (Wildman–Crippen MR) is 89.4 cm³/mol. The minimum Gasteiger partial charge on any atom is -0.490 e. The molecule has 0 heterocycles. The van der Waals surface area contributed by atoms with Gasteiger partial charge in [-0.2, -0.15) is 0 Å². The number of rotatable bonds is 6. The van der Waals surface area contributed by atoms with Gasteiger partial charge in [0.2, 0.25) is 0 Å². The summed E-state index contributed by atoms with van der Waals surface area (Å²) >= 11 is 0. The molecule has 0 fully saturated rings. The average Bonchev–Trinajstić information content (AvgIpc) is 2.59. The molecule has 0 bridgehead atoms. The molecule has 116 valence electrons. The number of carbonyl (C=O) groups is 1. The monoisotopic (exact) mass is 307 g/mol. The van der Waals surface area contributed by atoms with E-state index in [2.05, 4.69) is 11.4 Å². The van der Waals surface area contributed by atoms with Crippen LogP contribution in [0.3, 0.4) is 0 Å². The van der Waals surface area contributed by atoms with Crippen molar-refractivity contribution in [3.8, 4) is 16.9 Å². The van der Waals surface area contributed by atoms with Gasteiger partial charge in [-0.25, -0.2) is 9.64 Å². The number of hydrogen-bond acceptors (Lipinski definition) is 3. The van der Waals surface area contributed by atoms with Gasteiger partial charge in [-0.15, -0.1) is 0 Å². The van der Waals surface area contributed by atoms with Crippen molar-refractivity contribution in [1.29, 1.82) is 0 Å². The fourth-order valence-corrected chi connectivity index (χ4v) is 1.89. The van der Waals surface area contributed by atoms with Crippen molar-refractivity contribution < 1.29 is 14.3 Å². The summed E-state index contributed by atoms with van der Waals surface area (Å²) in [5.74, 6) is 0.296. The zero-order chi connectivity index (χ0) is 16.7. The first-order valence-electron chi connectivity index (χ1n) is 7.13. The Hall–Kier alpha value is -3.06. The van der Waals surface area contributed by atoms with Crippen molar-refractivity contribution in [3.05, 3.63) is 72.1 Å². The average molecular weight is 307 g/mol. The second kappa shape index (κ2) is 7.81. The molecule has 23 heavy (non-hydrogen) atoms. The summed E-state index contributed by atoms with van der Waals surface area (Å²) in [4.78, 5) is 14.6. The summed E-state index contributed by atoms with van der Waals surface area (Å²) in [6.45, 7) is 12.5. The van der Waals surface area contributed by atoms with E-state index in [4.69, 9.17) is 16.0 Å². The van der Waals surface area contributed by atoms with Gasteiger partial charge in [-0.1, -0.05) is 43.0 Å². The smallest absolute Gasteiger partial charge is 0.333 e. The Bertz CT molecular complexity index is 725. The highest BCUT2D eigenvalue weighted by molar-refractivity contribution is 5.86. The first kappa shape index (κ1) is 16.3.